The van der Waals surface area contributed by atoms with Crippen molar-refractivity contribution in [3.63, 3.8) is 0 Å². The van der Waals surface area contributed by atoms with Crippen LogP contribution >= 0.6 is 0 Å². The molecule has 0 unspecified atom stereocenters. The number of amides is 1. The molecule has 0 saturated carbocycles. The van der Waals surface area contributed by atoms with E-state index in [1.807, 2.05) is 37.8 Å². The quantitative estimate of drug-likeness (QED) is 0.734. The van der Waals surface area contributed by atoms with E-state index in [1.54, 1.807) is 0 Å². The lowest BCUT2D eigenvalue weighted by Crippen LogP contribution is -2.51. The summed E-state index contributed by atoms with van der Waals surface area (Å²) in [5.74, 6) is 0. The molecule has 0 radical (unpaired) electrons. The van der Waals surface area contributed by atoms with Crippen molar-refractivity contribution >= 4 is 18.7 Å². The number of nitrogens with zero attached hydrogens (tertiary/aromatic N) is 1. The molecular formula is C21H32BNO4. The summed E-state index contributed by atoms with van der Waals surface area (Å²) < 4.78 is 17.8. The minimum atomic E-state index is -0.489. The van der Waals surface area contributed by atoms with Crippen molar-refractivity contribution in [2.45, 2.75) is 84.2 Å². The summed E-state index contributed by atoms with van der Waals surface area (Å²) in [6.45, 7) is 12.7. The number of benzene rings is 1. The largest absolute Gasteiger partial charge is 0.494 e. The van der Waals surface area contributed by atoms with Gasteiger partial charge in [-0.25, -0.2) is 4.79 Å². The highest BCUT2D eigenvalue weighted by Crippen LogP contribution is 2.33. The van der Waals surface area contributed by atoms with Crippen LogP contribution in [0.1, 0.15) is 72.4 Å². The third-order valence-electron chi connectivity index (χ3n) is 5.01. The summed E-state index contributed by atoms with van der Waals surface area (Å²) >= 11 is 0. The third-order valence-corrected chi connectivity index (χ3v) is 5.01. The van der Waals surface area contributed by atoms with Gasteiger partial charge in [-0.3, -0.25) is 0 Å². The summed E-state index contributed by atoms with van der Waals surface area (Å²) in [6.07, 6.45) is 2.70. The summed E-state index contributed by atoms with van der Waals surface area (Å²) in [4.78, 5) is 14.5. The molecule has 0 bridgehead atoms. The van der Waals surface area contributed by atoms with Gasteiger partial charge in [0.05, 0.1) is 11.6 Å². The molecule has 2 saturated heterocycles. The van der Waals surface area contributed by atoms with Gasteiger partial charge in [-0.15, -0.1) is 0 Å². The molecule has 5 nitrogen and oxygen atoms in total. The van der Waals surface area contributed by atoms with Crippen molar-refractivity contribution in [1.82, 2.24) is 4.90 Å². The molecule has 27 heavy (non-hydrogen) atoms. The molecule has 6 heteroatoms. The van der Waals surface area contributed by atoms with Crippen LogP contribution in [0.2, 0.25) is 0 Å². The molecule has 2 aliphatic rings. The Morgan fingerprint density at radius 1 is 1.33 bits per heavy atom. The van der Waals surface area contributed by atoms with E-state index in [4.69, 9.17) is 14.0 Å². The van der Waals surface area contributed by atoms with Crippen LogP contribution in [0.15, 0.2) is 24.3 Å². The van der Waals surface area contributed by atoms with E-state index in [9.17, 15) is 4.79 Å². The molecule has 2 heterocycles. The summed E-state index contributed by atoms with van der Waals surface area (Å²) in [6, 6.07) is 8.29. The van der Waals surface area contributed by atoms with Gasteiger partial charge in [-0.2, -0.15) is 0 Å². The van der Waals surface area contributed by atoms with Crippen molar-refractivity contribution in [2.24, 2.45) is 0 Å². The van der Waals surface area contributed by atoms with Gasteiger partial charge in [0.15, 0.2) is 0 Å². The van der Waals surface area contributed by atoms with Crippen LogP contribution < -0.4 is 5.46 Å². The highest BCUT2D eigenvalue weighted by atomic mass is 16.6. The second-order valence-electron chi connectivity index (χ2n) is 9.36. The lowest BCUT2D eigenvalue weighted by molar-refractivity contribution is -0.0229. The molecule has 1 aromatic rings. The van der Waals surface area contributed by atoms with Crippen molar-refractivity contribution < 1.29 is 18.8 Å². The fourth-order valence-corrected chi connectivity index (χ4v) is 4.03. The Bertz CT molecular complexity index is 685. The van der Waals surface area contributed by atoms with Crippen LogP contribution in [-0.4, -0.2) is 42.0 Å². The molecule has 0 aromatic heterocycles. The topological polar surface area (TPSA) is 48.0 Å². The number of hydrogen-bond acceptors (Lipinski definition) is 4. The molecule has 0 spiro atoms. The average Bonchev–Trinajstić information content (AvgIpc) is 3.01. The second-order valence-corrected chi connectivity index (χ2v) is 9.36. The van der Waals surface area contributed by atoms with Crippen LogP contribution in [0.25, 0.3) is 0 Å². The van der Waals surface area contributed by atoms with E-state index >= 15 is 0 Å². The number of hydrogen-bond donors (Lipinski definition) is 0. The minimum absolute atomic E-state index is 0.0359. The molecule has 2 aliphatic heterocycles. The predicted molar refractivity (Wildman–Crippen MR) is 107 cm³/mol. The SMILES string of the molecule is C[C@H]1CC(C)(C)OB(c2cccc([C@H]3CCCN3C(=O)OC(C)(C)C)c2)O1. The monoisotopic (exact) mass is 373 g/mol. The van der Waals surface area contributed by atoms with Crippen LogP contribution in [0.3, 0.4) is 0 Å². The van der Waals surface area contributed by atoms with E-state index in [0.717, 1.165) is 36.8 Å². The zero-order chi connectivity index (χ0) is 19.8. The standard InChI is InChI=1S/C21H32BNO4/c1-15-14-21(5,6)27-22(26-15)17-10-7-9-16(13-17)18-11-8-12-23(18)19(24)25-20(2,3)4/h7,9-10,13,15,18H,8,11-12,14H2,1-6H3/t15-,18+/m0/s1. The van der Waals surface area contributed by atoms with Crippen molar-refractivity contribution in [1.29, 1.82) is 0 Å². The lowest BCUT2D eigenvalue weighted by Gasteiger charge is -2.38. The maximum atomic E-state index is 12.6. The van der Waals surface area contributed by atoms with Crippen molar-refractivity contribution in [2.75, 3.05) is 6.54 Å². The van der Waals surface area contributed by atoms with Crippen molar-refractivity contribution in [3.8, 4) is 0 Å². The minimum Gasteiger partial charge on any atom is -0.444 e. The van der Waals surface area contributed by atoms with Gasteiger partial charge in [0, 0.05) is 12.6 Å². The van der Waals surface area contributed by atoms with E-state index in [-0.39, 0.29) is 31.0 Å². The number of ether oxygens (including phenoxy) is 1. The molecular weight excluding hydrogens is 341 g/mol. The molecule has 148 valence electrons. The highest BCUT2D eigenvalue weighted by molar-refractivity contribution is 6.61. The molecule has 2 fully saturated rings. The fourth-order valence-electron chi connectivity index (χ4n) is 4.03. The molecule has 3 rings (SSSR count). The molecule has 2 atom stereocenters. The van der Waals surface area contributed by atoms with Gasteiger partial charge < -0.3 is 18.9 Å². The maximum absolute atomic E-state index is 12.6. The Hall–Kier alpha value is -1.53. The fraction of sp³-hybridized carbons (Fsp3) is 0.667. The summed E-state index contributed by atoms with van der Waals surface area (Å²) in [7, 11) is -0.375. The first-order valence-corrected chi connectivity index (χ1v) is 9.97. The smallest absolute Gasteiger partial charge is 0.444 e. The zero-order valence-electron chi connectivity index (χ0n) is 17.5. The van der Waals surface area contributed by atoms with Crippen LogP contribution in [0, 0.1) is 0 Å². The van der Waals surface area contributed by atoms with Gasteiger partial charge in [0.1, 0.15) is 5.60 Å². The Morgan fingerprint density at radius 2 is 2.07 bits per heavy atom. The van der Waals surface area contributed by atoms with Gasteiger partial charge in [-0.1, -0.05) is 24.3 Å². The molecule has 1 amide bonds. The van der Waals surface area contributed by atoms with E-state index in [0.29, 0.717) is 0 Å². The Morgan fingerprint density at radius 3 is 2.74 bits per heavy atom. The average molecular weight is 373 g/mol. The number of rotatable bonds is 2. The van der Waals surface area contributed by atoms with Gasteiger partial charge in [0.25, 0.3) is 0 Å². The first kappa shape index (κ1) is 20.2. The van der Waals surface area contributed by atoms with Gasteiger partial charge in [-0.05, 0) is 71.8 Å². The number of carbonyl (C=O) groups is 1. The first-order chi connectivity index (χ1) is 12.5. The van der Waals surface area contributed by atoms with Crippen LogP contribution in [0.4, 0.5) is 4.79 Å². The van der Waals surface area contributed by atoms with Gasteiger partial charge >= 0.3 is 13.2 Å². The van der Waals surface area contributed by atoms with E-state index in [1.165, 1.54) is 0 Å². The van der Waals surface area contributed by atoms with Crippen molar-refractivity contribution in [3.05, 3.63) is 29.8 Å². The maximum Gasteiger partial charge on any atom is 0.494 e. The number of carbonyl (C=O) groups excluding carboxylic acids is 1. The number of likely N-dealkylation sites (tertiary alicyclic amines) is 1. The first-order valence-electron chi connectivity index (χ1n) is 9.97. The Balaban J connectivity index is 1.79. The zero-order valence-corrected chi connectivity index (χ0v) is 17.5. The molecule has 0 aliphatic carbocycles. The van der Waals surface area contributed by atoms with Crippen LogP contribution in [0.5, 0.6) is 0 Å². The summed E-state index contributed by atoms with van der Waals surface area (Å²) in [5.41, 5.74) is 1.41. The van der Waals surface area contributed by atoms with E-state index < -0.39 is 5.60 Å². The van der Waals surface area contributed by atoms with E-state index in [2.05, 4.69) is 32.9 Å². The normalized spacial score (nSPS) is 25.6. The van der Waals surface area contributed by atoms with Crippen LogP contribution in [-0.2, 0) is 14.0 Å². The Labute approximate surface area is 163 Å². The third kappa shape index (κ3) is 5.05. The highest BCUT2D eigenvalue weighted by Gasteiger charge is 2.39. The summed E-state index contributed by atoms with van der Waals surface area (Å²) in [5, 5.41) is 0. The van der Waals surface area contributed by atoms with Gasteiger partial charge in [0.2, 0.25) is 0 Å². The molecule has 1 aromatic carbocycles. The molecule has 0 N–H and O–H groups in total. The predicted octanol–water partition coefficient (Wildman–Crippen LogP) is 4.06. The Kier molecular flexibility index (Phi) is 5.60. The second kappa shape index (κ2) is 7.48. The lowest BCUT2D eigenvalue weighted by atomic mass is 9.74.